The van der Waals surface area contributed by atoms with Gasteiger partial charge in [0.05, 0.1) is 12.1 Å². The topological polar surface area (TPSA) is 49.3 Å². The number of carbonyl (C=O) groups excluding carboxylic acids is 1. The molecule has 0 radical (unpaired) electrons. The molecule has 2 rings (SSSR count). The molecule has 2 bridgehead atoms. The molecule has 198 valence electrons. The van der Waals surface area contributed by atoms with Crippen molar-refractivity contribution in [3.05, 3.63) is 0 Å². The molecule has 2 fully saturated rings. The zero-order valence-electron chi connectivity index (χ0n) is 23.8. The molecule has 2 N–H and O–H groups in total. The van der Waals surface area contributed by atoms with Crippen LogP contribution in [-0.2, 0) is 4.79 Å². The first-order valence-electron chi connectivity index (χ1n) is 14.1. The van der Waals surface area contributed by atoms with Gasteiger partial charge in [0, 0.05) is 6.42 Å². The molecule has 33 heavy (non-hydrogen) atoms. The minimum absolute atomic E-state index is 0.0369. The van der Waals surface area contributed by atoms with Gasteiger partial charge in [0.15, 0.2) is 0 Å². The number of amides is 1. The van der Waals surface area contributed by atoms with Gasteiger partial charge in [-0.1, -0.05) is 81.1 Å². The molecular weight excluding hydrogens is 426 g/mol. The van der Waals surface area contributed by atoms with Gasteiger partial charge in [-0.05, 0) is 79.6 Å². The van der Waals surface area contributed by atoms with Gasteiger partial charge in [0.25, 0.3) is 0 Å². The Morgan fingerprint density at radius 1 is 0.970 bits per heavy atom. The molecule has 0 heterocycles. The van der Waals surface area contributed by atoms with Gasteiger partial charge >= 0.3 is 0 Å². The van der Waals surface area contributed by atoms with Crippen LogP contribution in [0, 0.1) is 22.7 Å². The molecule has 0 aromatic rings. The lowest BCUT2D eigenvalue weighted by Gasteiger charge is -2.33. The summed E-state index contributed by atoms with van der Waals surface area (Å²) in [6.45, 7) is 17.3. The van der Waals surface area contributed by atoms with E-state index in [4.69, 9.17) is 0 Å². The van der Waals surface area contributed by atoms with E-state index in [1.54, 1.807) is 0 Å². The van der Waals surface area contributed by atoms with Crippen LogP contribution in [0.2, 0.25) is 0 Å². The standard InChI is InChI=1S/C17H31NO2S.C10H22.C2H6/c1-4-17(5-2,12-19)18-14(20)10-15-6-8-16(11-15,9-7-15)13-21-3;1-5-10(6-2)8-7-9(3)4;1-2/h19H,4-13H2,1-3H3,(H,18,20);9-10H,5-8H2,1-4H3;1-2H3. The second-order valence-electron chi connectivity index (χ2n) is 11.1. The van der Waals surface area contributed by atoms with Crippen molar-refractivity contribution >= 4 is 17.7 Å². The van der Waals surface area contributed by atoms with E-state index in [0.29, 0.717) is 11.8 Å². The Morgan fingerprint density at radius 3 is 1.88 bits per heavy atom. The van der Waals surface area contributed by atoms with Gasteiger partial charge in [-0.25, -0.2) is 0 Å². The summed E-state index contributed by atoms with van der Waals surface area (Å²) in [6.07, 6.45) is 16.3. The van der Waals surface area contributed by atoms with E-state index >= 15 is 0 Å². The molecular formula is C29H59NO2S. The number of aliphatic hydroxyl groups is 1. The second kappa shape index (κ2) is 16.5. The maximum absolute atomic E-state index is 12.5. The van der Waals surface area contributed by atoms with Gasteiger partial charge in [-0.2, -0.15) is 11.8 Å². The Kier molecular flexibility index (Phi) is 16.3. The van der Waals surface area contributed by atoms with E-state index in [-0.39, 0.29) is 17.9 Å². The molecule has 0 aliphatic heterocycles. The molecule has 0 spiro atoms. The Labute approximate surface area is 212 Å². The normalized spacial score (nSPS) is 23.8. The van der Waals surface area contributed by atoms with Gasteiger partial charge in [0.2, 0.25) is 5.91 Å². The molecule has 0 unspecified atom stereocenters. The highest BCUT2D eigenvalue weighted by Gasteiger charge is 2.54. The molecule has 0 saturated heterocycles. The Morgan fingerprint density at radius 2 is 1.48 bits per heavy atom. The van der Waals surface area contributed by atoms with Crippen LogP contribution < -0.4 is 5.32 Å². The number of hydrogen-bond donors (Lipinski definition) is 2. The van der Waals surface area contributed by atoms with E-state index in [1.165, 1.54) is 63.5 Å². The number of nitrogens with one attached hydrogen (secondary N) is 1. The SMILES string of the molecule is CC.CCC(CC)(CO)NC(=O)CC12CCC(CSC)(CC1)C2.CCC(CC)CCC(C)C. The summed E-state index contributed by atoms with van der Waals surface area (Å²) in [5.74, 6) is 3.28. The third-order valence-corrected chi connectivity index (χ3v) is 9.38. The van der Waals surface area contributed by atoms with Gasteiger partial charge in [-0.3, -0.25) is 4.79 Å². The molecule has 3 nitrogen and oxygen atoms in total. The maximum Gasteiger partial charge on any atom is 0.221 e. The smallest absolute Gasteiger partial charge is 0.221 e. The van der Waals surface area contributed by atoms with Crippen LogP contribution in [0.25, 0.3) is 0 Å². The molecule has 0 atom stereocenters. The third-order valence-electron chi connectivity index (χ3n) is 8.48. The summed E-state index contributed by atoms with van der Waals surface area (Å²) in [7, 11) is 0. The molecule has 0 aromatic heterocycles. The van der Waals surface area contributed by atoms with Crippen molar-refractivity contribution in [3.8, 4) is 0 Å². The number of aliphatic hydroxyl groups excluding tert-OH is 1. The molecule has 2 aliphatic carbocycles. The Bertz CT molecular complexity index is 495. The summed E-state index contributed by atoms with van der Waals surface area (Å²) in [5.41, 5.74) is 0.354. The average Bonchev–Trinajstić information content (AvgIpc) is 3.35. The van der Waals surface area contributed by atoms with Crippen molar-refractivity contribution in [2.24, 2.45) is 22.7 Å². The lowest BCUT2D eigenvalue weighted by Crippen LogP contribution is -2.51. The highest BCUT2D eigenvalue weighted by Crippen LogP contribution is 2.63. The average molecular weight is 486 g/mol. The highest BCUT2D eigenvalue weighted by molar-refractivity contribution is 7.98. The Balaban J connectivity index is 0.000000722. The molecule has 2 saturated carbocycles. The fourth-order valence-electron chi connectivity index (χ4n) is 5.84. The van der Waals surface area contributed by atoms with Gasteiger partial charge in [0.1, 0.15) is 0 Å². The van der Waals surface area contributed by atoms with E-state index < -0.39 is 5.54 Å². The lowest BCUT2D eigenvalue weighted by molar-refractivity contribution is -0.126. The summed E-state index contributed by atoms with van der Waals surface area (Å²) in [6, 6.07) is 0. The van der Waals surface area contributed by atoms with E-state index in [2.05, 4.69) is 39.3 Å². The van der Waals surface area contributed by atoms with Crippen LogP contribution in [0.3, 0.4) is 0 Å². The highest BCUT2D eigenvalue weighted by atomic mass is 32.2. The van der Waals surface area contributed by atoms with Crippen LogP contribution in [0.15, 0.2) is 0 Å². The predicted octanol–water partition coefficient (Wildman–Crippen LogP) is 8.24. The maximum atomic E-state index is 12.5. The fraction of sp³-hybridized carbons (Fsp3) is 0.966. The van der Waals surface area contributed by atoms with Crippen LogP contribution in [-0.4, -0.2) is 35.2 Å². The van der Waals surface area contributed by atoms with E-state index in [1.807, 2.05) is 39.5 Å². The second-order valence-corrected chi connectivity index (χ2v) is 12.0. The van der Waals surface area contributed by atoms with Crippen molar-refractivity contribution in [1.29, 1.82) is 0 Å². The fourth-order valence-corrected chi connectivity index (χ4v) is 6.84. The van der Waals surface area contributed by atoms with Crippen LogP contribution >= 0.6 is 11.8 Å². The monoisotopic (exact) mass is 485 g/mol. The Hall–Kier alpha value is -0.220. The van der Waals surface area contributed by atoms with Crippen molar-refractivity contribution in [1.82, 2.24) is 5.32 Å². The largest absolute Gasteiger partial charge is 0.394 e. The summed E-state index contributed by atoms with van der Waals surface area (Å²) in [4.78, 5) is 12.5. The zero-order chi connectivity index (χ0) is 25.5. The number of carbonyl (C=O) groups is 1. The van der Waals surface area contributed by atoms with Crippen molar-refractivity contribution < 1.29 is 9.90 Å². The van der Waals surface area contributed by atoms with Crippen LogP contribution in [0.1, 0.15) is 132 Å². The first-order valence-corrected chi connectivity index (χ1v) is 15.5. The van der Waals surface area contributed by atoms with E-state index in [9.17, 15) is 9.90 Å². The number of rotatable bonds is 13. The van der Waals surface area contributed by atoms with Crippen molar-refractivity contribution in [2.45, 2.75) is 138 Å². The molecule has 2 aliphatic rings. The predicted molar refractivity (Wildman–Crippen MR) is 149 cm³/mol. The molecule has 1 amide bonds. The minimum Gasteiger partial charge on any atom is -0.394 e. The lowest BCUT2D eigenvalue weighted by atomic mass is 9.80. The quantitative estimate of drug-likeness (QED) is 0.276. The third kappa shape index (κ3) is 10.5. The zero-order valence-corrected chi connectivity index (χ0v) is 24.6. The summed E-state index contributed by atoms with van der Waals surface area (Å²) in [5, 5.41) is 12.7. The first-order chi connectivity index (χ1) is 15.7. The number of thioether (sulfide) groups is 1. The van der Waals surface area contributed by atoms with E-state index in [0.717, 1.165) is 24.7 Å². The van der Waals surface area contributed by atoms with Crippen LogP contribution in [0.4, 0.5) is 0 Å². The summed E-state index contributed by atoms with van der Waals surface area (Å²) < 4.78 is 0. The number of fused-ring (bicyclic) bond motifs is 2. The van der Waals surface area contributed by atoms with Crippen LogP contribution in [0.5, 0.6) is 0 Å². The number of hydrogen-bond acceptors (Lipinski definition) is 3. The summed E-state index contributed by atoms with van der Waals surface area (Å²) >= 11 is 1.95. The van der Waals surface area contributed by atoms with Gasteiger partial charge < -0.3 is 10.4 Å². The van der Waals surface area contributed by atoms with Gasteiger partial charge in [-0.15, -0.1) is 0 Å². The molecule has 4 heteroatoms. The first kappa shape index (κ1) is 32.8. The minimum atomic E-state index is -0.415. The molecule has 0 aromatic carbocycles. The van der Waals surface area contributed by atoms with Crippen molar-refractivity contribution in [2.75, 3.05) is 18.6 Å². The van der Waals surface area contributed by atoms with Crippen molar-refractivity contribution in [3.63, 3.8) is 0 Å².